The number of thiophene rings is 1. The van der Waals surface area contributed by atoms with Crippen molar-refractivity contribution >= 4 is 17.2 Å². The van der Waals surface area contributed by atoms with E-state index in [2.05, 4.69) is 12.2 Å². The molecule has 1 atom stereocenters. The van der Waals surface area contributed by atoms with Gasteiger partial charge in [-0.2, -0.15) is 0 Å². The Balaban J connectivity index is 1.92. The highest BCUT2D eigenvalue weighted by atomic mass is 32.1. The maximum atomic E-state index is 12.1. The van der Waals surface area contributed by atoms with Crippen molar-refractivity contribution in [2.75, 3.05) is 19.6 Å². The van der Waals surface area contributed by atoms with Crippen LogP contribution in [0.4, 0.5) is 0 Å². The van der Waals surface area contributed by atoms with Gasteiger partial charge in [0.1, 0.15) is 0 Å². The van der Waals surface area contributed by atoms with Crippen molar-refractivity contribution in [3.63, 3.8) is 0 Å². The zero-order chi connectivity index (χ0) is 11.4. The topological polar surface area (TPSA) is 32.3 Å². The van der Waals surface area contributed by atoms with Gasteiger partial charge in [0.2, 0.25) is 5.91 Å². The number of carbonyl (C=O) groups excluding carboxylic acids is 1. The first-order valence-corrected chi connectivity index (χ1v) is 6.67. The quantitative estimate of drug-likeness (QED) is 0.847. The lowest BCUT2D eigenvalue weighted by Crippen LogP contribution is -2.39. The summed E-state index contributed by atoms with van der Waals surface area (Å²) >= 11 is 1.66. The zero-order valence-electron chi connectivity index (χ0n) is 9.61. The first-order valence-electron chi connectivity index (χ1n) is 5.79. The normalized spacial score (nSPS) is 21.8. The van der Waals surface area contributed by atoms with Crippen molar-refractivity contribution in [1.29, 1.82) is 0 Å². The molecule has 0 radical (unpaired) electrons. The van der Waals surface area contributed by atoms with Gasteiger partial charge in [-0.05, 0) is 31.3 Å². The molecule has 1 unspecified atom stereocenters. The van der Waals surface area contributed by atoms with Crippen LogP contribution in [0, 0.1) is 0 Å². The molecule has 0 aliphatic carbocycles. The highest BCUT2D eigenvalue weighted by Crippen LogP contribution is 2.11. The minimum Gasteiger partial charge on any atom is -0.341 e. The molecule has 88 valence electrons. The molecule has 1 aromatic heterocycles. The SMILES string of the molecule is CC1CN(C(=O)Cc2cccs2)CCCN1. The monoisotopic (exact) mass is 238 g/mol. The second-order valence-corrected chi connectivity index (χ2v) is 5.34. The summed E-state index contributed by atoms with van der Waals surface area (Å²) in [7, 11) is 0. The van der Waals surface area contributed by atoms with Crippen molar-refractivity contribution in [1.82, 2.24) is 10.2 Å². The second-order valence-electron chi connectivity index (χ2n) is 4.30. The lowest BCUT2D eigenvalue weighted by atomic mass is 10.2. The molecule has 0 aromatic carbocycles. The van der Waals surface area contributed by atoms with Crippen molar-refractivity contribution < 1.29 is 4.79 Å². The number of nitrogens with one attached hydrogen (secondary N) is 1. The van der Waals surface area contributed by atoms with Crippen LogP contribution >= 0.6 is 11.3 Å². The number of hydrogen-bond donors (Lipinski definition) is 1. The largest absolute Gasteiger partial charge is 0.341 e. The maximum absolute atomic E-state index is 12.1. The van der Waals surface area contributed by atoms with Gasteiger partial charge in [-0.25, -0.2) is 0 Å². The average molecular weight is 238 g/mol. The van der Waals surface area contributed by atoms with Crippen molar-refractivity contribution in [2.24, 2.45) is 0 Å². The number of nitrogens with zero attached hydrogens (tertiary/aromatic N) is 1. The van der Waals surface area contributed by atoms with Gasteiger partial charge in [0.15, 0.2) is 0 Å². The number of rotatable bonds is 2. The molecular formula is C12H18N2OS. The summed E-state index contributed by atoms with van der Waals surface area (Å²) in [5.74, 6) is 0.262. The van der Waals surface area contributed by atoms with Gasteiger partial charge < -0.3 is 10.2 Å². The lowest BCUT2D eigenvalue weighted by molar-refractivity contribution is -0.130. The highest BCUT2D eigenvalue weighted by molar-refractivity contribution is 7.10. The Hall–Kier alpha value is -0.870. The highest BCUT2D eigenvalue weighted by Gasteiger charge is 2.19. The van der Waals surface area contributed by atoms with Crippen molar-refractivity contribution in [2.45, 2.75) is 25.8 Å². The summed E-state index contributed by atoms with van der Waals surface area (Å²) in [5.41, 5.74) is 0. The summed E-state index contributed by atoms with van der Waals surface area (Å²) in [6, 6.07) is 4.44. The molecular weight excluding hydrogens is 220 g/mol. The molecule has 16 heavy (non-hydrogen) atoms. The minimum absolute atomic E-state index is 0.262. The Bertz CT molecular complexity index is 337. The van der Waals surface area contributed by atoms with E-state index in [0.717, 1.165) is 30.9 Å². The number of amides is 1. The molecule has 3 nitrogen and oxygen atoms in total. The predicted molar refractivity (Wildman–Crippen MR) is 66.7 cm³/mol. The van der Waals surface area contributed by atoms with Crippen LogP contribution in [0.1, 0.15) is 18.2 Å². The van der Waals surface area contributed by atoms with Gasteiger partial charge in [-0.1, -0.05) is 6.07 Å². The lowest BCUT2D eigenvalue weighted by Gasteiger charge is -2.22. The van der Waals surface area contributed by atoms with Crippen molar-refractivity contribution in [3.8, 4) is 0 Å². The van der Waals surface area contributed by atoms with E-state index < -0.39 is 0 Å². The van der Waals surface area contributed by atoms with Crippen LogP contribution in [-0.2, 0) is 11.2 Å². The Morgan fingerprint density at radius 2 is 2.56 bits per heavy atom. The molecule has 2 rings (SSSR count). The molecule has 1 aliphatic heterocycles. The van der Waals surface area contributed by atoms with E-state index in [1.54, 1.807) is 11.3 Å². The van der Waals surface area contributed by atoms with E-state index in [4.69, 9.17) is 0 Å². The van der Waals surface area contributed by atoms with Crippen LogP contribution in [0.3, 0.4) is 0 Å². The first-order chi connectivity index (χ1) is 7.75. The van der Waals surface area contributed by atoms with E-state index in [1.807, 2.05) is 22.4 Å². The molecule has 0 bridgehead atoms. The molecule has 1 N–H and O–H groups in total. The standard InChI is InChI=1S/C12H18N2OS/c1-10-9-14(6-3-5-13-10)12(15)8-11-4-2-7-16-11/h2,4,7,10,13H,3,5-6,8-9H2,1H3. The molecule has 1 aromatic rings. The third kappa shape index (κ3) is 3.06. The summed E-state index contributed by atoms with van der Waals surface area (Å²) in [4.78, 5) is 15.2. The molecule has 1 aliphatic rings. The zero-order valence-corrected chi connectivity index (χ0v) is 10.4. The number of carbonyl (C=O) groups is 1. The summed E-state index contributed by atoms with van der Waals surface area (Å²) in [6.45, 7) is 4.88. The summed E-state index contributed by atoms with van der Waals surface area (Å²) in [5, 5.41) is 5.42. The van der Waals surface area contributed by atoms with E-state index >= 15 is 0 Å². The van der Waals surface area contributed by atoms with Gasteiger partial charge in [0.05, 0.1) is 6.42 Å². The van der Waals surface area contributed by atoms with E-state index in [1.165, 1.54) is 0 Å². The van der Waals surface area contributed by atoms with Gasteiger partial charge >= 0.3 is 0 Å². The van der Waals surface area contributed by atoms with Crippen LogP contribution < -0.4 is 5.32 Å². The smallest absolute Gasteiger partial charge is 0.227 e. The molecule has 1 amide bonds. The van der Waals surface area contributed by atoms with Gasteiger partial charge in [0, 0.05) is 24.0 Å². The third-order valence-electron chi connectivity index (χ3n) is 2.85. The predicted octanol–water partition coefficient (Wildman–Crippen LogP) is 1.50. The van der Waals surface area contributed by atoms with Gasteiger partial charge in [-0.15, -0.1) is 11.3 Å². The van der Waals surface area contributed by atoms with Crippen LogP contribution in [0.25, 0.3) is 0 Å². The van der Waals surface area contributed by atoms with Gasteiger partial charge in [0.25, 0.3) is 0 Å². The Morgan fingerprint density at radius 3 is 3.31 bits per heavy atom. The van der Waals surface area contributed by atoms with E-state index in [0.29, 0.717) is 12.5 Å². The molecule has 0 spiro atoms. The van der Waals surface area contributed by atoms with Crippen LogP contribution in [0.2, 0.25) is 0 Å². The van der Waals surface area contributed by atoms with E-state index in [9.17, 15) is 4.79 Å². The Morgan fingerprint density at radius 1 is 1.69 bits per heavy atom. The molecule has 1 fully saturated rings. The van der Waals surface area contributed by atoms with Gasteiger partial charge in [-0.3, -0.25) is 4.79 Å². The maximum Gasteiger partial charge on any atom is 0.227 e. The molecule has 0 saturated carbocycles. The first kappa shape index (κ1) is 11.6. The second kappa shape index (κ2) is 5.46. The Labute approximate surface area is 100 Å². The minimum atomic E-state index is 0.262. The fourth-order valence-electron chi connectivity index (χ4n) is 2.01. The molecule has 2 heterocycles. The van der Waals surface area contributed by atoms with Crippen LogP contribution in [-0.4, -0.2) is 36.5 Å². The summed E-state index contributed by atoms with van der Waals surface area (Å²) < 4.78 is 0. The molecule has 1 saturated heterocycles. The third-order valence-corrected chi connectivity index (χ3v) is 3.73. The van der Waals surface area contributed by atoms with Crippen LogP contribution in [0.5, 0.6) is 0 Å². The Kier molecular flexibility index (Phi) is 3.96. The van der Waals surface area contributed by atoms with Crippen LogP contribution in [0.15, 0.2) is 17.5 Å². The molecule has 4 heteroatoms. The fraction of sp³-hybridized carbons (Fsp3) is 0.583. The summed E-state index contributed by atoms with van der Waals surface area (Å²) in [6.07, 6.45) is 1.62. The van der Waals surface area contributed by atoms with E-state index in [-0.39, 0.29) is 5.91 Å². The fourth-order valence-corrected chi connectivity index (χ4v) is 2.70. The average Bonchev–Trinajstić information content (AvgIpc) is 2.65. The van der Waals surface area contributed by atoms with Crippen molar-refractivity contribution in [3.05, 3.63) is 22.4 Å². The number of hydrogen-bond acceptors (Lipinski definition) is 3.